The molecule has 174 valence electrons. The SMILES string of the molecule is COc1cc(C2NNc3ccc(/C=C(\C#N)C(=O)NC(C)(C)CO)cc32)cc(OC)c1OC. The maximum Gasteiger partial charge on any atom is 0.262 e. The molecule has 0 aromatic heterocycles. The number of methoxy groups -OCH3 is 3. The Morgan fingerprint density at radius 3 is 2.39 bits per heavy atom. The zero-order valence-electron chi connectivity index (χ0n) is 19.3. The highest BCUT2D eigenvalue weighted by atomic mass is 16.5. The van der Waals surface area contributed by atoms with E-state index in [1.165, 1.54) is 6.08 Å². The number of aliphatic hydroxyl groups is 1. The molecule has 0 saturated carbocycles. The van der Waals surface area contributed by atoms with E-state index in [4.69, 9.17) is 14.2 Å². The van der Waals surface area contributed by atoms with Crippen LogP contribution in [-0.4, -0.2) is 44.5 Å². The van der Waals surface area contributed by atoms with Gasteiger partial charge in [0, 0.05) is 5.56 Å². The number of fused-ring (bicyclic) bond motifs is 1. The van der Waals surface area contributed by atoms with Crippen LogP contribution < -0.4 is 30.4 Å². The van der Waals surface area contributed by atoms with Crippen LogP contribution in [0.15, 0.2) is 35.9 Å². The van der Waals surface area contributed by atoms with Gasteiger partial charge < -0.3 is 30.1 Å². The summed E-state index contributed by atoms with van der Waals surface area (Å²) in [5.41, 5.74) is 8.85. The monoisotopic (exact) mass is 452 g/mol. The number of amides is 1. The summed E-state index contributed by atoms with van der Waals surface area (Å²) >= 11 is 0. The minimum atomic E-state index is -0.837. The van der Waals surface area contributed by atoms with Crippen molar-refractivity contribution in [3.8, 4) is 23.3 Å². The van der Waals surface area contributed by atoms with Gasteiger partial charge >= 0.3 is 0 Å². The van der Waals surface area contributed by atoms with Gasteiger partial charge in [-0.1, -0.05) is 6.07 Å². The predicted molar refractivity (Wildman–Crippen MR) is 124 cm³/mol. The fourth-order valence-corrected chi connectivity index (χ4v) is 3.51. The van der Waals surface area contributed by atoms with Gasteiger partial charge in [0.1, 0.15) is 11.6 Å². The number of carbonyl (C=O) groups excluding carboxylic acids is 1. The summed E-state index contributed by atoms with van der Waals surface area (Å²) in [5, 5.41) is 21.5. The molecule has 1 atom stereocenters. The van der Waals surface area contributed by atoms with Gasteiger partial charge in [-0.25, -0.2) is 5.43 Å². The number of aliphatic hydroxyl groups excluding tert-OH is 1. The minimum absolute atomic E-state index is 0.0558. The maximum absolute atomic E-state index is 12.5. The van der Waals surface area contributed by atoms with E-state index in [-0.39, 0.29) is 18.2 Å². The van der Waals surface area contributed by atoms with Crippen molar-refractivity contribution in [2.24, 2.45) is 0 Å². The van der Waals surface area contributed by atoms with E-state index in [0.29, 0.717) is 22.8 Å². The van der Waals surface area contributed by atoms with Crippen molar-refractivity contribution in [3.05, 3.63) is 52.6 Å². The van der Waals surface area contributed by atoms with Gasteiger partial charge in [-0.3, -0.25) is 4.79 Å². The Labute approximate surface area is 192 Å². The molecule has 1 amide bonds. The number of nitrogens with one attached hydrogen (secondary N) is 3. The standard InChI is InChI=1S/C24H28N4O5/c1-24(2,13-29)26-23(30)16(12-25)8-14-6-7-18-17(9-14)21(28-27-18)15-10-19(31-3)22(33-5)20(11-15)32-4/h6-11,21,27-29H,13H2,1-5H3,(H,26,30)/b16-8+. The van der Waals surface area contributed by atoms with E-state index in [2.05, 4.69) is 16.2 Å². The molecule has 33 heavy (non-hydrogen) atoms. The molecule has 1 heterocycles. The van der Waals surface area contributed by atoms with Crippen LogP contribution in [0.1, 0.15) is 36.6 Å². The molecule has 2 aromatic carbocycles. The highest BCUT2D eigenvalue weighted by Crippen LogP contribution is 2.43. The number of anilines is 1. The van der Waals surface area contributed by atoms with E-state index in [1.807, 2.05) is 36.4 Å². The molecule has 0 radical (unpaired) electrons. The second-order valence-electron chi connectivity index (χ2n) is 8.17. The van der Waals surface area contributed by atoms with E-state index in [9.17, 15) is 15.2 Å². The van der Waals surface area contributed by atoms with E-state index >= 15 is 0 Å². The number of hydrogen-bond acceptors (Lipinski definition) is 8. The molecular weight excluding hydrogens is 424 g/mol. The van der Waals surface area contributed by atoms with Crippen LogP contribution >= 0.6 is 0 Å². The lowest BCUT2D eigenvalue weighted by molar-refractivity contribution is -0.119. The van der Waals surface area contributed by atoms with Gasteiger partial charge in [0.15, 0.2) is 11.5 Å². The Morgan fingerprint density at radius 2 is 1.85 bits per heavy atom. The molecule has 0 saturated heterocycles. The Balaban J connectivity index is 1.98. The van der Waals surface area contributed by atoms with Gasteiger partial charge in [0.25, 0.3) is 5.91 Å². The van der Waals surface area contributed by atoms with Crippen molar-refractivity contribution in [2.45, 2.75) is 25.4 Å². The van der Waals surface area contributed by atoms with Crippen molar-refractivity contribution < 1.29 is 24.1 Å². The second-order valence-corrected chi connectivity index (χ2v) is 8.17. The highest BCUT2D eigenvalue weighted by molar-refractivity contribution is 6.02. The molecule has 0 aliphatic carbocycles. The number of benzene rings is 2. The van der Waals surface area contributed by atoms with Gasteiger partial charge in [0.05, 0.1) is 45.2 Å². The summed E-state index contributed by atoms with van der Waals surface area (Å²) in [4.78, 5) is 12.5. The molecule has 0 fully saturated rings. The smallest absolute Gasteiger partial charge is 0.262 e. The largest absolute Gasteiger partial charge is 0.493 e. The molecule has 1 aliphatic rings. The van der Waals surface area contributed by atoms with Crippen LogP contribution in [0.3, 0.4) is 0 Å². The van der Waals surface area contributed by atoms with Gasteiger partial charge in [-0.2, -0.15) is 5.26 Å². The summed E-state index contributed by atoms with van der Waals surface area (Å²) in [7, 11) is 4.67. The normalized spacial score (nSPS) is 15.2. The van der Waals surface area contributed by atoms with E-state index in [0.717, 1.165) is 16.8 Å². The van der Waals surface area contributed by atoms with Crippen LogP contribution in [0.25, 0.3) is 6.08 Å². The second kappa shape index (κ2) is 9.81. The lowest BCUT2D eigenvalue weighted by Crippen LogP contribution is -2.46. The van der Waals surface area contributed by atoms with Crippen molar-refractivity contribution in [1.82, 2.24) is 10.7 Å². The Hall–Kier alpha value is -3.74. The molecule has 0 spiro atoms. The Bertz CT molecular complexity index is 1100. The van der Waals surface area contributed by atoms with Gasteiger partial charge in [-0.15, -0.1) is 0 Å². The number of nitriles is 1. The third kappa shape index (κ3) is 5.03. The van der Waals surface area contributed by atoms with Crippen molar-refractivity contribution in [3.63, 3.8) is 0 Å². The van der Waals surface area contributed by atoms with Gasteiger partial charge in [-0.05, 0) is 55.3 Å². The summed E-state index contributed by atoms with van der Waals surface area (Å²) < 4.78 is 16.4. The first-order valence-corrected chi connectivity index (χ1v) is 10.3. The van der Waals surface area contributed by atoms with Crippen molar-refractivity contribution >= 4 is 17.7 Å². The quantitative estimate of drug-likeness (QED) is 0.356. The highest BCUT2D eigenvalue weighted by Gasteiger charge is 2.27. The van der Waals surface area contributed by atoms with Crippen LogP contribution in [0.4, 0.5) is 5.69 Å². The summed E-state index contributed by atoms with van der Waals surface area (Å²) in [6.07, 6.45) is 1.52. The fourth-order valence-electron chi connectivity index (χ4n) is 3.51. The van der Waals surface area contributed by atoms with Crippen LogP contribution in [0.5, 0.6) is 17.2 Å². The molecular formula is C24H28N4O5. The minimum Gasteiger partial charge on any atom is -0.493 e. The van der Waals surface area contributed by atoms with Crippen LogP contribution in [0.2, 0.25) is 0 Å². The Kier molecular flexibility index (Phi) is 7.11. The van der Waals surface area contributed by atoms with Crippen LogP contribution in [-0.2, 0) is 4.79 Å². The lowest BCUT2D eigenvalue weighted by Gasteiger charge is -2.23. The molecule has 3 rings (SSSR count). The molecule has 2 aromatic rings. The molecule has 9 heteroatoms. The maximum atomic E-state index is 12.5. The number of hydrogen-bond donors (Lipinski definition) is 4. The topological polar surface area (TPSA) is 125 Å². The van der Waals surface area contributed by atoms with Gasteiger partial charge in [0.2, 0.25) is 5.75 Å². The first-order valence-electron chi connectivity index (χ1n) is 10.3. The molecule has 4 N–H and O–H groups in total. The third-order valence-corrected chi connectivity index (χ3v) is 5.28. The summed E-state index contributed by atoms with van der Waals surface area (Å²) in [6.45, 7) is 3.10. The third-order valence-electron chi connectivity index (χ3n) is 5.28. The first-order chi connectivity index (χ1) is 15.8. The number of ether oxygens (including phenoxy) is 3. The number of hydrazine groups is 1. The fraction of sp³-hybridized carbons (Fsp3) is 0.333. The molecule has 1 unspecified atom stereocenters. The average Bonchev–Trinajstić information content (AvgIpc) is 3.24. The predicted octanol–water partition coefficient (Wildman–Crippen LogP) is 2.53. The van der Waals surface area contributed by atoms with Crippen LogP contribution in [0, 0.1) is 11.3 Å². The first kappa shape index (κ1) is 23.9. The van der Waals surface area contributed by atoms with E-state index in [1.54, 1.807) is 35.2 Å². The average molecular weight is 453 g/mol. The molecule has 9 nitrogen and oxygen atoms in total. The number of rotatable bonds is 8. The number of nitrogens with zero attached hydrogens (tertiary/aromatic N) is 1. The van der Waals surface area contributed by atoms with Crippen molar-refractivity contribution in [2.75, 3.05) is 33.4 Å². The summed E-state index contributed by atoms with van der Waals surface area (Å²) in [5.74, 6) is 1.03. The Morgan fingerprint density at radius 1 is 1.18 bits per heavy atom. The summed E-state index contributed by atoms with van der Waals surface area (Å²) in [6, 6.07) is 11.0. The molecule has 1 aliphatic heterocycles. The zero-order chi connectivity index (χ0) is 24.2. The zero-order valence-corrected chi connectivity index (χ0v) is 19.3. The van der Waals surface area contributed by atoms with Crippen molar-refractivity contribution in [1.29, 1.82) is 5.26 Å². The van der Waals surface area contributed by atoms with E-state index < -0.39 is 11.4 Å². The number of carbonyl (C=O) groups is 1. The molecule has 0 bridgehead atoms. The lowest BCUT2D eigenvalue weighted by atomic mass is 9.96.